The van der Waals surface area contributed by atoms with E-state index >= 15 is 0 Å². The highest BCUT2D eigenvalue weighted by Gasteiger charge is 2.20. The first-order chi connectivity index (χ1) is 9.69. The van der Waals surface area contributed by atoms with Gasteiger partial charge in [-0.1, -0.05) is 24.3 Å². The lowest BCUT2D eigenvalue weighted by Crippen LogP contribution is -2.09. The first-order valence-corrected chi connectivity index (χ1v) is 6.20. The van der Waals surface area contributed by atoms with Gasteiger partial charge in [0.1, 0.15) is 11.4 Å². The van der Waals surface area contributed by atoms with Crippen molar-refractivity contribution in [3.8, 4) is 11.4 Å². The van der Waals surface area contributed by atoms with E-state index in [0.29, 0.717) is 18.0 Å². The second kappa shape index (κ2) is 6.05. The summed E-state index contributed by atoms with van der Waals surface area (Å²) < 4.78 is 11.6. The maximum Gasteiger partial charge on any atom is 0.362 e. The zero-order chi connectivity index (χ0) is 14.5. The number of nitrogens with zero attached hydrogens (tertiary/aromatic N) is 3. The lowest BCUT2D eigenvalue weighted by atomic mass is 10.3. The molecule has 0 aliphatic carbocycles. The van der Waals surface area contributed by atoms with Crippen LogP contribution in [0.25, 0.3) is 5.69 Å². The van der Waals surface area contributed by atoms with Gasteiger partial charge in [-0.3, -0.25) is 0 Å². The highest BCUT2D eigenvalue weighted by Crippen LogP contribution is 2.25. The van der Waals surface area contributed by atoms with E-state index < -0.39 is 5.97 Å². The average Bonchev–Trinajstić information content (AvgIpc) is 2.86. The van der Waals surface area contributed by atoms with Gasteiger partial charge in [0, 0.05) is 0 Å². The van der Waals surface area contributed by atoms with Crippen molar-refractivity contribution < 1.29 is 14.3 Å². The molecule has 2 rings (SSSR count). The molecule has 20 heavy (non-hydrogen) atoms. The highest BCUT2D eigenvalue weighted by atomic mass is 16.5. The van der Waals surface area contributed by atoms with E-state index in [1.54, 1.807) is 6.07 Å². The molecule has 0 radical (unpaired) electrons. The van der Waals surface area contributed by atoms with Crippen molar-refractivity contribution in [3.63, 3.8) is 0 Å². The molecule has 0 fully saturated rings. The Morgan fingerprint density at radius 1 is 1.40 bits per heavy atom. The molecule has 0 unspecified atom stereocenters. The molecule has 106 valence electrons. The Bertz CT molecular complexity index is 609. The van der Waals surface area contributed by atoms with Gasteiger partial charge in [-0.25, -0.2) is 4.79 Å². The van der Waals surface area contributed by atoms with Crippen molar-refractivity contribution in [2.45, 2.75) is 13.3 Å². The highest BCUT2D eigenvalue weighted by molar-refractivity contribution is 5.92. The minimum absolute atomic E-state index is 0.0159. The van der Waals surface area contributed by atoms with E-state index in [1.165, 1.54) is 11.8 Å². The Balaban J connectivity index is 2.42. The number of ether oxygens (including phenoxy) is 2. The Labute approximate surface area is 116 Å². The summed E-state index contributed by atoms with van der Waals surface area (Å²) >= 11 is 0. The molecule has 7 heteroatoms. The van der Waals surface area contributed by atoms with Crippen molar-refractivity contribution in [2.75, 3.05) is 19.5 Å². The minimum atomic E-state index is -0.624. The molecule has 1 aromatic carbocycles. The third-order valence-corrected chi connectivity index (χ3v) is 2.64. The van der Waals surface area contributed by atoms with Gasteiger partial charge in [0.05, 0.1) is 13.7 Å². The number of anilines is 1. The Morgan fingerprint density at radius 2 is 2.15 bits per heavy atom. The number of nitrogen functional groups attached to an aromatic ring is 1. The van der Waals surface area contributed by atoms with Gasteiger partial charge in [-0.05, 0) is 18.6 Å². The molecule has 0 amide bonds. The molecule has 7 nitrogen and oxygen atoms in total. The van der Waals surface area contributed by atoms with E-state index in [1.807, 2.05) is 25.1 Å². The molecule has 1 aromatic heterocycles. The zero-order valence-electron chi connectivity index (χ0n) is 11.4. The molecular weight excluding hydrogens is 260 g/mol. The predicted octanol–water partition coefficient (Wildman–Crippen LogP) is 1.42. The van der Waals surface area contributed by atoms with E-state index in [-0.39, 0.29) is 11.5 Å². The molecule has 0 saturated heterocycles. The van der Waals surface area contributed by atoms with Crippen LogP contribution in [0, 0.1) is 0 Å². The van der Waals surface area contributed by atoms with Gasteiger partial charge < -0.3 is 15.2 Å². The van der Waals surface area contributed by atoms with Crippen molar-refractivity contribution in [2.24, 2.45) is 0 Å². The fourth-order valence-corrected chi connectivity index (χ4v) is 1.68. The number of hydrogen-bond acceptors (Lipinski definition) is 6. The first kappa shape index (κ1) is 13.9. The molecule has 0 aliphatic rings. The summed E-state index contributed by atoms with van der Waals surface area (Å²) in [6.45, 7) is 2.59. The number of methoxy groups -OCH3 is 1. The summed E-state index contributed by atoms with van der Waals surface area (Å²) in [5.41, 5.74) is 6.50. The Hall–Kier alpha value is -2.57. The van der Waals surface area contributed by atoms with Crippen LogP contribution in [0.1, 0.15) is 23.8 Å². The Morgan fingerprint density at radius 3 is 2.85 bits per heavy atom. The molecule has 1 heterocycles. The molecule has 0 spiro atoms. The zero-order valence-corrected chi connectivity index (χ0v) is 11.4. The van der Waals surface area contributed by atoms with E-state index in [2.05, 4.69) is 15.0 Å². The number of hydrogen-bond donors (Lipinski definition) is 1. The lowest BCUT2D eigenvalue weighted by molar-refractivity contribution is 0.0595. The van der Waals surface area contributed by atoms with Crippen LogP contribution in [0.4, 0.5) is 5.82 Å². The molecular formula is C13H16N4O3. The summed E-state index contributed by atoms with van der Waals surface area (Å²) in [5.74, 6) is 0.118. The van der Waals surface area contributed by atoms with Gasteiger partial charge in [0.15, 0.2) is 5.82 Å². The van der Waals surface area contributed by atoms with Crippen LogP contribution in [0.5, 0.6) is 5.75 Å². The van der Waals surface area contributed by atoms with Crippen molar-refractivity contribution >= 4 is 11.8 Å². The van der Waals surface area contributed by atoms with Crippen LogP contribution in [0.15, 0.2) is 24.3 Å². The summed E-state index contributed by atoms with van der Waals surface area (Å²) in [7, 11) is 1.26. The topological polar surface area (TPSA) is 92.3 Å². The third-order valence-electron chi connectivity index (χ3n) is 2.64. The van der Waals surface area contributed by atoms with Gasteiger partial charge in [0.25, 0.3) is 0 Å². The second-order valence-electron chi connectivity index (χ2n) is 4.04. The molecule has 0 saturated carbocycles. The van der Waals surface area contributed by atoms with Crippen LogP contribution in [0.2, 0.25) is 0 Å². The molecule has 2 aromatic rings. The van der Waals surface area contributed by atoms with Gasteiger partial charge in [-0.15, -0.1) is 5.10 Å². The summed E-state index contributed by atoms with van der Waals surface area (Å²) in [4.78, 5) is 11.5. The summed E-state index contributed by atoms with van der Waals surface area (Å²) in [5, 5.41) is 7.63. The van der Waals surface area contributed by atoms with E-state index in [0.717, 1.165) is 6.42 Å². The normalized spacial score (nSPS) is 10.3. The molecule has 0 atom stereocenters. The van der Waals surface area contributed by atoms with Crippen molar-refractivity contribution in [1.82, 2.24) is 15.0 Å². The maximum absolute atomic E-state index is 11.5. The number of esters is 1. The van der Waals surface area contributed by atoms with E-state index in [9.17, 15) is 4.79 Å². The predicted molar refractivity (Wildman–Crippen MR) is 72.9 cm³/mol. The first-order valence-electron chi connectivity index (χ1n) is 6.20. The number of nitrogens with two attached hydrogens (primary N) is 1. The van der Waals surface area contributed by atoms with Crippen molar-refractivity contribution in [1.29, 1.82) is 0 Å². The van der Waals surface area contributed by atoms with Crippen LogP contribution in [-0.4, -0.2) is 34.7 Å². The number of para-hydroxylation sites is 2. The quantitative estimate of drug-likeness (QED) is 0.830. The number of rotatable bonds is 5. The van der Waals surface area contributed by atoms with Gasteiger partial charge in [-0.2, -0.15) is 4.68 Å². The maximum atomic E-state index is 11.5. The monoisotopic (exact) mass is 276 g/mol. The second-order valence-corrected chi connectivity index (χ2v) is 4.04. The SMILES string of the molecule is CCCOc1ccccc1-n1nnc(C(=O)OC)c1N. The Kier molecular flexibility index (Phi) is 4.19. The number of carbonyl (C=O) groups is 1. The third kappa shape index (κ3) is 2.56. The van der Waals surface area contributed by atoms with Crippen LogP contribution < -0.4 is 10.5 Å². The van der Waals surface area contributed by atoms with Crippen LogP contribution in [-0.2, 0) is 4.74 Å². The molecule has 0 aliphatic heterocycles. The largest absolute Gasteiger partial charge is 0.491 e. The fraction of sp³-hybridized carbons (Fsp3) is 0.308. The van der Waals surface area contributed by atoms with Gasteiger partial charge in [0.2, 0.25) is 5.69 Å². The van der Waals surface area contributed by atoms with Crippen molar-refractivity contribution in [3.05, 3.63) is 30.0 Å². The fourth-order valence-electron chi connectivity index (χ4n) is 1.68. The van der Waals surface area contributed by atoms with Crippen LogP contribution >= 0.6 is 0 Å². The van der Waals surface area contributed by atoms with E-state index in [4.69, 9.17) is 10.5 Å². The van der Waals surface area contributed by atoms with Crippen LogP contribution in [0.3, 0.4) is 0 Å². The number of benzene rings is 1. The summed E-state index contributed by atoms with van der Waals surface area (Å²) in [6.07, 6.45) is 0.884. The smallest absolute Gasteiger partial charge is 0.362 e. The minimum Gasteiger partial charge on any atom is -0.491 e. The van der Waals surface area contributed by atoms with Gasteiger partial charge >= 0.3 is 5.97 Å². The number of aromatic nitrogens is 3. The molecule has 2 N–H and O–H groups in total. The standard InChI is InChI=1S/C13H16N4O3/c1-3-8-20-10-7-5-4-6-9(10)17-12(14)11(15-16-17)13(18)19-2/h4-7H,3,8,14H2,1-2H3. The molecule has 0 bridgehead atoms. The average molecular weight is 276 g/mol. The summed E-state index contributed by atoms with van der Waals surface area (Å²) in [6, 6.07) is 7.27. The lowest BCUT2D eigenvalue weighted by Gasteiger charge is -2.10. The number of carbonyl (C=O) groups excluding carboxylic acids is 1.